The Kier molecular flexibility index (Phi) is 3.71. The van der Waals surface area contributed by atoms with Crippen LogP contribution in [0.25, 0.3) is 0 Å². The van der Waals surface area contributed by atoms with Crippen LogP contribution in [0.3, 0.4) is 0 Å². The molecule has 0 amide bonds. The molecular weight excluding hydrogens is 193 g/mol. The number of hydrogen-bond acceptors (Lipinski definition) is 4. The second-order valence-corrected chi connectivity index (χ2v) is 4.62. The van der Waals surface area contributed by atoms with Gasteiger partial charge in [0.2, 0.25) is 5.88 Å². The van der Waals surface area contributed by atoms with E-state index in [4.69, 9.17) is 14.8 Å². The van der Waals surface area contributed by atoms with Crippen molar-refractivity contribution >= 4 is 12.6 Å². The molecule has 1 rings (SSSR count). The average molecular weight is 209 g/mol. The van der Waals surface area contributed by atoms with Crippen LogP contribution in [0.15, 0.2) is 18.3 Å². The summed E-state index contributed by atoms with van der Waals surface area (Å²) in [5.41, 5.74) is 0.302. The molecule has 0 aliphatic carbocycles. The van der Waals surface area contributed by atoms with E-state index in [-0.39, 0.29) is 11.3 Å². The molecule has 15 heavy (non-hydrogen) atoms. The molecule has 0 unspecified atom stereocenters. The number of aromatic nitrogens is 1. The zero-order valence-electron chi connectivity index (χ0n) is 9.27. The molecule has 1 heterocycles. The minimum absolute atomic E-state index is 0.00913. The van der Waals surface area contributed by atoms with Gasteiger partial charge >= 0.3 is 7.12 Å². The average Bonchev–Trinajstić information content (AvgIpc) is 2.14. The first-order valence-electron chi connectivity index (χ1n) is 4.84. The van der Waals surface area contributed by atoms with E-state index >= 15 is 0 Å². The third-order valence-electron chi connectivity index (χ3n) is 1.72. The zero-order chi connectivity index (χ0) is 11.5. The van der Waals surface area contributed by atoms with Crippen molar-refractivity contribution < 1.29 is 14.8 Å². The van der Waals surface area contributed by atoms with Gasteiger partial charge in [0.1, 0.15) is 0 Å². The highest BCUT2D eigenvalue weighted by molar-refractivity contribution is 6.59. The van der Waals surface area contributed by atoms with E-state index in [2.05, 4.69) is 4.98 Å². The highest BCUT2D eigenvalue weighted by Gasteiger charge is 2.19. The number of rotatable bonds is 3. The molecule has 0 aliphatic rings. The molecule has 1 aromatic heterocycles. The minimum Gasteiger partial charge on any atom is -0.477 e. The number of pyridine rings is 1. The molecule has 0 fully saturated rings. The molecule has 4 nitrogen and oxygen atoms in total. The molecular formula is C10H16BNO3. The largest absolute Gasteiger partial charge is 0.494 e. The van der Waals surface area contributed by atoms with Crippen LogP contribution in [0.5, 0.6) is 5.88 Å². The van der Waals surface area contributed by atoms with Crippen LogP contribution < -0.4 is 10.2 Å². The number of hydrogen-bond donors (Lipinski definition) is 2. The summed E-state index contributed by atoms with van der Waals surface area (Å²) in [4.78, 5) is 3.96. The Morgan fingerprint density at radius 1 is 1.40 bits per heavy atom. The lowest BCUT2D eigenvalue weighted by Gasteiger charge is -2.19. The van der Waals surface area contributed by atoms with Gasteiger partial charge in [0.25, 0.3) is 0 Å². The first-order valence-corrected chi connectivity index (χ1v) is 4.84. The van der Waals surface area contributed by atoms with Gasteiger partial charge in [-0.15, -0.1) is 0 Å². The smallest absolute Gasteiger partial charge is 0.477 e. The van der Waals surface area contributed by atoms with Gasteiger partial charge in [-0.25, -0.2) is 4.98 Å². The van der Waals surface area contributed by atoms with E-state index in [9.17, 15) is 0 Å². The monoisotopic (exact) mass is 209 g/mol. The first-order chi connectivity index (χ1) is 6.90. The van der Waals surface area contributed by atoms with Gasteiger partial charge in [-0.2, -0.15) is 0 Å². The van der Waals surface area contributed by atoms with Gasteiger partial charge in [0.05, 0.1) is 6.61 Å². The first kappa shape index (κ1) is 12.0. The Balaban J connectivity index is 2.76. The minimum atomic E-state index is -1.55. The predicted octanol–water partition coefficient (Wildman–Crippen LogP) is 0.186. The molecule has 82 valence electrons. The summed E-state index contributed by atoms with van der Waals surface area (Å²) in [5, 5.41) is 18.1. The summed E-state index contributed by atoms with van der Waals surface area (Å²) < 4.78 is 5.43. The Labute approximate surface area is 90.1 Å². The maximum absolute atomic E-state index is 9.07. The highest BCUT2D eigenvalue weighted by atomic mass is 16.5. The predicted molar refractivity (Wildman–Crippen MR) is 59.0 cm³/mol. The van der Waals surface area contributed by atoms with Gasteiger partial charge in [-0.05, 0) is 11.5 Å². The maximum atomic E-state index is 9.07. The van der Waals surface area contributed by atoms with Gasteiger partial charge in [-0.3, -0.25) is 0 Å². The van der Waals surface area contributed by atoms with Crippen LogP contribution in [-0.2, 0) is 0 Å². The lowest BCUT2D eigenvalue weighted by molar-refractivity contribution is 0.192. The number of nitrogens with zero attached hydrogens (tertiary/aromatic N) is 1. The standard InChI is InChI=1S/C10H16BNO3/c1-10(2,3)7-15-9-8(11(13)14)5-4-6-12-9/h4-6,13-14H,7H2,1-3H3. The molecule has 0 atom stereocenters. The molecule has 0 saturated carbocycles. The normalized spacial score (nSPS) is 11.3. The molecule has 0 aliphatic heterocycles. The quantitative estimate of drug-likeness (QED) is 0.697. The maximum Gasteiger partial charge on any atom is 0.494 e. The van der Waals surface area contributed by atoms with E-state index in [1.54, 1.807) is 18.3 Å². The topological polar surface area (TPSA) is 62.6 Å². The second kappa shape index (κ2) is 4.64. The molecule has 0 aromatic carbocycles. The molecule has 0 bridgehead atoms. The van der Waals surface area contributed by atoms with Crippen molar-refractivity contribution in [3.05, 3.63) is 18.3 Å². The Bertz CT molecular complexity index is 323. The molecule has 2 N–H and O–H groups in total. The van der Waals surface area contributed by atoms with E-state index in [1.165, 1.54) is 0 Å². The van der Waals surface area contributed by atoms with Gasteiger partial charge in [0.15, 0.2) is 0 Å². The lowest BCUT2D eigenvalue weighted by atomic mass is 9.81. The van der Waals surface area contributed by atoms with Gasteiger partial charge in [0, 0.05) is 11.7 Å². The van der Waals surface area contributed by atoms with Crippen LogP contribution in [0.4, 0.5) is 0 Å². The summed E-state index contributed by atoms with van der Waals surface area (Å²) in [7, 11) is -1.55. The van der Waals surface area contributed by atoms with Gasteiger partial charge < -0.3 is 14.8 Å². The van der Waals surface area contributed by atoms with Crippen molar-refractivity contribution in [3.8, 4) is 5.88 Å². The van der Waals surface area contributed by atoms with E-state index < -0.39 is 7.12 Å². The fourth-order valence-corrected chi connectivity index (χ4v) is 1.01. The van der Waals surface area contributed by atoms with Crippen molar-refractivity contribution in [1.29, 1.82) is 0 Å². The molecule has 1 aromatic rings. The van der Waals surface area contributed by atoms with Crippen molar-refractivity contribution in [2.75, 3.05) is 6.61 Å². The van der Waals surface area contributed by atoms with Crippen LogP contribution in [0.1, 0.15) is 20.8 Å². The van der Waals surface area contributed by atoms with E-state index in [0.29, 0.717) is 12.1 Å². The summed E-state index contributed by atoms with van der Waals surface area (Å²) in [5.74, 6) is 0.280. The van der Waals surface area contributed by atoms with Crippen LogP contribution >= 0.6 is 0 Å². The van der Waals surface area contributed by atoms with Crippen molar-refractivity contribution in [2.45, 2.75) is 20.8 Å². The van der Waals surface area contributed by atoms with E-state index in [1.807, 2.05) is 20.8 Å². The fourth-order valence-electron chi connectivity index (χ4n) is 1.01. The summed E-state index contributed by atoms with van der Waals surface area (Å²) in [6, 6.07) is 3.22. The SMILES string of the molecule is CC(C)(C)COc1ncccc1B(O)O. The molecule has 0 spiro atoms. The Morgan fingerprint density at radius 2 is 2.07 bits per heavy atom. The lowest BCUT2D eigenvalue weighted by Crippen LogP contribution is -2.33. The third-order valence-corrected chi connectivity index (χ3v) is 1.72. The van der Waals surface area contributed by atoms with Crippen molar-refractivity contribution in [2.24, 2.45) is 5.41 Å². The van der Waals surface area contributed by atoms with Gasteiger partial charge in [-0.1, -0.05) is 26.8 Å². The fraction of sp³-hybridized carbons (Fsp3) is 0.500. The molecule has 0 saturated heterocycles. The van der Waals surface area contributed by atoms with Crippen LogP contribution in [0.2, 0.25) is 0 Å². The Hall–Kier alpha value is -1.07. The Morgan fingerprint density at radius 3 is 2.60 bits per heavy atom. The zero-order valence-corrected chi connectivity index (χ0v) is 9.27. The summed E-state index contributed by atoms with van der Waals surface area (Å²) in [6.07, 6.45) is 1.56. The van der Waals surface area contributed by atoms with E-state index in [0.717, 1.165) is 0 Å². The molecule has 5 heteroatoms. The van der Waals surface area contributed by atoms with Crippen molar-refractivity contribution in [1.82, 2.24) is 4.98 Å². The summed E-state index contributed by atoms with van der Waals surface area (Å²) in [6.45, 7) is 6.57. The third kappa shape index (κ3) is 3.89. The second-order valence-electron chi connectivity index (χ2n) is 4.62. The van der Waals surface area contributed by atoms with Crippen LogP contribution in [-0.4, -0.2) is 28.8 Å². The van der Waals surface area contributed by atoms with Crippen molar-refractivity contribution in [3.63, 3.8) is 0 Å². The molecule has 0 radical (unpaired) electrons. The van der Waals surface area contributed by atoms with Crippen LogP contribution in [0, 0.1) is 5.41 Å². The summed E-state index contributed by atoms with van der Waals surface area (Å²) >= 11 is 0. The number of ether oxygens (including phenoxy) is 1. The highest BCUT2D eigenvalue weighted by Crippen LogP contribution is 2.14.